The van der Waals surface area contributed by atoms with Gasteiger partial charge in [-0.3, -0.25) is 9.36 Å². The van der Waals surface area contributed by atoms with Crippen molar-refractivity contribution < 1.29 is 13.2 Å². The third kappa shape index (κ3) is 3.47. The van der Waals surface area contributed by atoms with Gasteiger partial charge < -0.3 is 4.90 Å². The Balaban J connectivity index is 1.67. The number of carbonyl (C=O) groups is 1. The van der Waals surface area contributed by atoms with Crippen LogP contribution in [0.1, 0.15) is 32.2 Å². The molecule has 1 aromatic heterocycles. The van der Waals surface area contributed by atoms with Gasteiger partial charge in [0.1, 0.15) is 0 Å². The number of amides is 1. The average molecular weight is 360 g/mol. The summed E-state index contributed by atoms with van der Waals surface area (Å²) in [4.78, 5) is 25.8. The Labute approximate surface area is 138 Å². The number of thioether (sulfide) groups is 1. The van der Waals surface area contributed by atoms with Crippen molar-refractivity contribution >= 4 is 27.5 Å². The van der Waals surface area contributed by atoms with E-state index in [0.717, 1.165) is 12.8 Å². The Morgan fingerprint density at radius 3 is 2.70 bits per heavy atom. The van der Waals surface area contributed by atoms with E-state index in [1.807, 2.05) is 0 Å². The molecule has 1 saturated heterocycles. The highest BCUT2D eigenvalue weighted by Gasteiger charge is 2.35. The quantitative estimate of drug-likeness (QED) is 0.743. The van der Waals surface area contributed by atoms with Crippen molar-refractivity contribution in [1.82, 2.24) is 19.7 Å². The summed E-state index contributed by atoms with van der Waals surface area (Å²) < 4.78 is 24.7. The lowest BCUT2D eigenvalue weighted by molar-refractivity contribution is -0.130. The molecular formula is C13H20N4O4S2. The van der Waals surface area contributed by atoms with Gasteiger partial charge in [-0.1, -0.05) is 11.8 Å². The maximum absolute atomic E-state index is 12.5. The maximum Gasteiger partial charge on any atom is 0.344 e. The van der Waals surface area contributed by atoms with Crippen LogP contribution in [0.3, 0.4) is 0 Å². The summed E-state index contributed by atoms with van der Waals surface area (Å²) in [7, 11) is -1.39. The van der Waals surface area contributed by atoms with Crippen LogP contribution in [-0.2, 0) is 14.6 Å². The van der Waals surface area contributed by atoms with Crippen LogP contribution in [0.4, 0.5) is 0 Å². The largest absolute Gasteiger partial charge is 0.344 e. The number of aromatic nitrogens is 3. The van der Waals surface area contributed by atoms with Gasteiger partial charge in [0.2, 0.25) is 5.91 Å². The number of hydrogen-bond acceptors (Lipinski definition) is 6. The number of nitrogens with one attached hydrogen (secondary N) is 1. The molecule has 0 unspecified atom stereocenters. The lowest BCUT2D eigenvalue weighted by atomic mass is 10.2. The molecule has 1 aliphatic carbocycles. The Kier molecular flexibility index (Phi) is 4.30. The van der Waals surface area contributed by atoms with E-state index in [-0.39, 0.29) is 35.2 Å². The molecule has 2 aliphatic rings. The Morgan fingerprint density at radius 1 is 1.43 bits per heavy atom. The summed E-state index contributed by atoms with van der Waals surface area (Å²) in [6, 6.07) is -0.0795. The van der Waals surface area contributed by atoms with Gasteiger partial charge in [0, 0.05) is 19.1 Å². The van der Waals surface area contributed by atoms with Crippen LogP contribution in [0.15, 0.2) is 9.95 Å². The molecule has 23 heavy (non-hydrogen) atoms. The molecule has 0 radical (unpaired) electrons. The predicted molar refractivity (Wildman–Crippen MR) is 86.3 cm³/mol. The van der Waals surface area contributed by atoms with Crippen molar-refractivity contribution in [3.8, 4) is 0 Å². The van der Waals surface area contributed by atoms with Crippen LogP contribution < -0.4 is 5.69 Å². The molecule has 1 aliphatic heterocycles. The molecule has 0 spiro atoms. The second-order valence-electron chi connectivity index (χ2n) is 6.18. The van der Waals surface area contributed by atoms with E-state index in [0.29, 0.717) is 11.6 Å². The lowest BCUT2D eigenvalue weighted by Crippen LogP contribution is -2.41. The molecule has 2 atom stereocenters. The van der Waals surface area contributed by atoms with Gasteiger partial charge in [0.25, 0.3) is 0 Å². The van der Waals surface area contributed by atoms with Gasteiger partial charge in [0.15, 0.2) is 15.0 Å². The zero-order chi connectivity index (χ0) is 16.8. The van der Waals surface area contributed by atoms with Crippen molar-refractivity contribution in [3.63, 3.8) is 0 Å². The molecule has 1 aromatic rings. The molecule has 1 amide bonds. The average Bonchev–Trinajstić information content (AvgIpc) is 3.17. The summed E-state index contributed by atoms with van der Waals surface area (Å²) in [6.07, 6.45) is 2.39. The van der Waals surface area contributed by atoms with Crippen molar-refractivity contribution in [2.45, 2.75) is 48.7 Å². The predicted octanol–water partition coefficient (Wildman–Crippen LogP) is 0.0324. The summed E-state index contributed by atoms with van der Waals surface area (Å²) in [5.41, 5.74) is -0.245. The molecule has 8 nitrogen and oxygen atoms in total. The fraction of sp³-hybridized carbons (Fsp3) is 0.769. The number of carbonyl (C=O) groups excluding carboxylic acids is 1. The zero-order valence-electron chi connectivity index (χ0n) is 13.1. The van der Waals surface area contributed by atoms with Crippen molar-refractivity contribution in [2.75, 3.05) is 18.6 Å². The SMILES string of the molecule is C[C@@H](Sc1n[nH]c(=O)n1C1CC1)C(=O)N(C)[C@@H]1CCS(=O)(=O)C1. The maximum atomic E-state index is 12.5. The molecule has 1 saturated carbocycles. The normalized spacial score (nSPS) is 24.5. The lowest BCUT2D eigenvalue weighted by Gasteiger charge is -2.26. The van der Waals surface area contributed by atoms with Crippen LogP contribution in [0.25, 0.3) is 0 Å². The molecular weight excluding hydrogens is 340 g/mol. The van der Waals surface area contributed by atoms with Crippen LogP contribution in [-0.4, -0.2) is 63.8 Å². The first kappa shape index (κ1) is 16.6. The number of sulfone groups is 1. The van der Waals surface area contributed by atoms with Crippen molar-refractivity contribution in [2.24, 2.45) is 0 Å². The second kappa shape index (κ2) is 5.97. The minimum Gasteiger partial charge on any atom is -0.341 e. The fourth-order valence-corrected chi connectivity index (χ4v) is 5.59. The van der Waals surface area contributed by atoms with Gasteiger partial charge >= 0.3 is 5.69 Å². The highest BCUT2D eigenvalue weighted by molar-refractivity contribution is 8.00. The first-order chi connectivity index (χ1) is 10.8. The van der Waals surface area contributed by atoms with Crippen LogP contribution in [0, 0.1) is 0 Å². The third-order valence-corrected chi connectivity index (χ3v) is 7.12. The van der Waals surface area contributed by atoms with E-state index in [4.69, 9.17) is 0 Å². The molecule has 128 valence electrons. The topological polar surface area (TPSA) is 105 Å². The van der Waals surface area contributed by atoms with Crippen LogP contribution in [0.5, 0.6) is 0 Å². The number of aromatic amines is 1. The smallest absolute Gasteiger partial charge is 0.341 e. The van der Waals surface area contributed by atoms with E-state index in [9.17, 15) is 18.0 Å². The summed E-state index contributed by atoms with van der Waals surface area (Å²) in [6.45, 7) is 1.75. The minimum absolute atomic E-state index is 0.0296. The molecule has 2 fully saturated rings. The highest BCUT2D eigenvalue weighted by atomic mass is 32.2. The molecule has 10 heteroatoms. The first-order valence-corrected chi connectivity index (χ1v) is 10.3. The summed E-state index contributed by atoms with van der Waals surface area (Å²) >= 11 is 1.23. The van der Waals surface area contributed by atoms with E-state index < -0.39 is 15.1 Å². The van der Waals surface area contributed by atoms with E-state index in [1.165, 1.54) is 16.7 Å². The van der Waals surface area contributed by atoms with Crippen molar-refractivity contribution in [3.05, 3.63) is 10.5 Å². The van der Waals surface area contributed by atoms with Crippen LogP contribution in [0.2, 0.25) is 0 Å². The molecule has 0 bridgehead atoms. The Bertz CT molecular complexity index is 765. The monoisotopic (exact) mass is 360 g/mol. The molecule has 2 heterocycles. The Morgan fingerprint density at radius 2 is 2.13 bits per heavy atom. The summed E-state index contributed by atoms with van der Waals surface area (Å²) in [5.74, 6) is 0.0223. The van der Waals surface area contributed by atoms with Crippen LogP contribution >= 0.6 is 11.8 Å². The van der Waals surface area contributed by atoms with Gasteiger partial charge in [-0.05, 0) is 26.2 Å². The number of rotatable bonds is 5. The van der Waals surface area contributed by atoms with Gasteiger partial charge in [-0.2, -0.15) is 0 Å². The number of nitrogens with zero attached hydrogens (tertiary/aromatic N) is 3. The second-order valence-corrected chi connectivity index (χ2v) is 9.72. The molecule has 1 N–H and O–H groups in total. The van der Waals surface area contributed by atoms with Gasteiger partial charge in [-0.15, -0.1) is 5.10 Å². The first-order valence-electron chi connectivity index (χ1n) is 7.59. The fourth-order valence-electron chi connectivity index (χ4n) is 2.78. The number of H-pyrrole nitrogens is 1. The van der Waals surface area contributed by atoms with E-state index >= 15 is 0 Å². The number of hydrogen-bond donors (Lipinski definition) is 1. The summed E-state index contributed by atoms with van der Waals surface area (Å²) in [5, 5.41) is 6.52. The Hall–Kier alpha value is -1.29. The van der Waals surface area contributed by atoms with Gasteiger partial charge in [-0.25, -0.2) is 18.3 Å². The van der Waals surface area contributed by atoms with Gasteiger partial charge in [0.05, 0.1) is 16.8 Å². The molecule has 0 aromatic carbocycles. The van der Waals surface area contributed by atoms with Crippen molar-refractivity contribution in [1.29, 1.82) is 0 Å². The highest BCUT2D eigenvalue weighted by Crippen LogP contribution is 2.37. The van der Waals surface area contributed by atoms with E-state index in [1.54, 1.807) is 18.5 Å². The third-order valence-electron chi connectivity index (χ3n) is 4.32. The van der Waals surface area contributed by atoms with E-state index in [2.05, 4.69) is 10.2 Å². The minimum atomic E-state index is -3.03. The molecule has 3 rings (SSSR count). The zero-order valence-corrected chi connectivity index (χ0v) is 14.7. The standard InChI is InChI=1S/C13H20N4O4S2/c1-8(11(18)16(2)10-5-6-23(20,21)7-10)22-13-15-14-12(19)17(13)9-3-4-9/h8-10H,3-7H2,1-2H3,(H,14,19)/t8-,10-/m1/s1.